The fourth-order valence-corrected chi connectivity index (χ4v) is 4.98. The zero-order valence-electron chi connectivity index (χ0n) is 14.1. The van der Waals surface area contributed by atoms with Crippen molar-refractivity contribution in [2.75, 3.05) is 13.7 Å². The Labute approximate surface area is 147 Å². The van der Waals surface area contributed by atoms with Gasteiger partial charge >= 0.3 is 0 Å². The third-order valence-electron chi connectivity index (χ3n) is 5.02. The van der Waals surface area contributed by atoms with Crippen LogP contribution in [0, 0.1) is 0 Å². The number of rotatable bonds is 5. The smallest absolute Gasteiger partial charge is 0.244 e. The summed E-state index contributed by atoms with van der Waals surface area (Å²) in [6, 6.07) is 7.94. The van der Waals surface area contributed by atoms with Crippen molar-refractivity contribution in [1.29, 1.82) is 0 Å². The first kappa shape index (κ1) is 16.6. The first-order valence-corrected chi connectivity index (χ1v) is 9.97. The summed E-state index contributed by atoms with van der Waals surface area (Å²) in [5, 5.41) is 7.39. The summed E-state index contributed by atoms with van der Waals surface area (Å²) in [5.74, 6) is 1.20. The summed E-state index contributed by atoms with van der Waals surface area (Å²) < 4.78 is 35.3. The van der Waals surface area contributed by atoms with Gasteiger partial charge < -0.3 is 10.1 Å². The van der Waals surface area contributed by atoms with Gasteiger partial charge in [-0.2, -0.15) is 5.10 Å². The lowest BCUT2D eigenvalue weighted by Crippen LogP contribution is -2.43. The zero-order chi connectivity index (χ0) is 17.4. The fourth-order valence-electron chi connectivity index (χ4n) is 3.55. The van der Waals surface area contributed by atoms with Gasteiger partial charge in [0.05, 0.1) is 25.5 Å². The minimum absolute atomic E-state index is 0.0340. The summed E-state index contributed by atoms with van der Waals surface area (Å²) in [6.45, 7) is 2.05. The van der Waals surface area contributed by atoms with Crippen LogP contribution < -0.4 is 14.8 Å². The molecule has 134 valence electrons. The molecule has 7 nitrogen and oxygen atoms in total. The highest BCUT2D eigenvalue weighted by atomic mass is 32.2. The summed E-state index contributed by atoms with van der Waals surface area (Å²) in [7, 11) is -1.88. The molecule has 2 heterocycles. The Balaban J connectivity index is 1.42. The average molecular weight is 362 g/mol. The number of sulfonamides is 1. The number of benzene rings is 1. The van der Waals surface area contributed by atoms with E-state index in [1.165, 1.54) is 11.8 Å². The highest BCUT2D eigenvalue weighted by molar-refractivity contribution is 7.89. The minimum atomic E-state index is -3.53. The largest absolute Gasteiger partial charge is 0.497 e. The van der Waals surface area contributed by atoms with Crippen molar-refractivity contribution in [3.05, 3.63) is 41.7 Å². The topological polar surface area (TPSA) is 85.2 Å². The predicted octanol–water partition coefficient (Wildman–Crippen LogP) is 1.22. The first-order chi connectivity index (χ1) is 12.1. The molecule has 0 atom stereocenters. The quantitative estimate of drug-likeness (QED) is 0.835. The van der Waals surface area contributed by atoms with Gasteiger partial charge in [0.1, 0.15) is 10.6 Å². The Hall–Kier alpha value is -1.90. The minimum Gasteiger partial charge on any atom is -0.497 e. The van der Waals surface area contributed by atoms with Crippen molar-refractivity contribution in [3.63, 3.8) is 0 Å². The third-order valence-corrected chi connectivity index (χ3v) is 6.58. The maximum Gasteiger partial charge on any atom is 0.244 e. The molecule has 0 amide bonds. The second-order valence-corrected chi connectivity index (χ2v) is 8.30. The van der Waals surface area contributed by atoms with E-state index in [4.69, 9.17) is 4.74 Å². The van der Waals surface area contributed by atoms with Crippen LogP contribution in [-0.4, -0.2) is 37.9 Å². The molecule has 25 heavy (non-hydrogen) atoms. The molecule has 2 aliphatic rings. The van der Waals surface area contributed by atoms with Gasteiger partial charge in [0.25, 0.3) is 0 Å². The van der Waals surface area contributed by atoms with E-state index in [9.17, 15) is 8.42 Å². The van der Waals surface area contributed by atoms with Crippen LogP contribution in [-0.2, 0) is 23.1 Å². The van der Waals surface area contributed by atoms with Crippen LogP contribution in [0.1, 0.15) is 30.0 Å². The zero-order valence-corrected chi connectivity index (χ0v) is 14.9. The molecule has 0 unspecified atom stereocenters. The molecule has 0 radical (unpaired) electrons. The molecule has 0 saturated heterocycles. The standard InChI is InChI=1S/C17H22N4O3S/c1-24-15-4-2-3-12(9-15)13-7-14(8-13)20-25(22,23)17-11-19-21-6-5-18-10-16(17)21/h2-4,9,11,13-14,18,20H,5-8,10H2,1H3. The predicted molar refractivity (Wildman–Crippen MR) is 93.0 cm³/mol. The summed E-state index contributed by atoms with van der Waals surface area (Å²) in [6.07, 6.45) is 3.06. The van der Waals surface area contributed by atoms with E-state index in [-0.39, 0.29) is 6.04 Å². The van der Waals surface area contributed by atoms with Crippen LogP contribution in [0.3, 0.4) is 0 Å². The van der Waals surface area contributed by atoms with Crippen molar-refractivity contribution in [1.82, 2.24) is 19.8 Å². The summed E-state index contributed by atoms with van der Waals surface area (Å²) in [4.78, 5) is 0.296. The number of methoxy groups -OCH3 is 1. The molecule has 4 rings (SSSR count). The molecule has 8 heteroatoms. The lowest BCUT2D eigenvalue weighted by atomic mass is 9.76. The fraction of sp³-hybridized carbons (Fsp3) is 0.471. The van der Waals surface area contributed by atoms with Crippen molar-refractivity contribution in [2.24, 2.45) is 0 Å². The molecule has 0 bridgehead atoms. The molecule has 1 saturated carbocycles. The molecule has 1 aromatic carbocycles. The maximum absolute atomic E-state index is 12.7. The van der Waals surface area contributed by atoms with Crippen LogP contribution in [0.5, 0.6) is 5.75 Å². The number of hydrogen-bond acceptors (Lipinski definition) is 5. The molecule has 0 spiro atoms. The third kappa shape index (κ3) is 3.17. The van der Waals surface area contributed by atoms with Crippen LogP contribution in [0.4, 0.5) is 0 Å². The lowest BCUT2D eigenvalue weighted by Gasteiger charge is -2.36. The molecule has 2 N–H and O–H groups in total. The summed E-state index contributed by atoms with van der Waals surface area (Å²) in [5.41, 5.74) is 1.93. The average Bonchev–Trinajstić information content (AvgIpc) is 3.03. The molecule has 1 aliphatic heterocycles. The number of ether oxygens (including phenoxy) is 1. The van der Waals surface area contributed by atoms with Gasteiger partial charge in [0, 0.05) is 19.1 Å². The second-order valence-electron chi connectivity index (χ2n) is 6.62. The number of hydrogen-bond donors (Lipinski definition) is 2. The molecule has 1 fully saturated rings. The molecule has 1 aromatic heterocycles. The maximum atomic E-state index is 12.7. The van der Waals surface area contributed by atoms with E-state index in [1.54, 1.807) is 11.8 Å². The summed E-state index contributed by atoms with van der Waals surface area (Å²) >= 11 is 0. The Morgan fingerprint density at radius 2 is 2.20 bits per heavy atom. The first-order valence-electron chi connectivity index (χ1n) is 8.48. The van der Waals surface area contributed by atoms with Gasteiger partial charge in [-0.05, 0) is 36.5 Å². The Bertz CT molecular complexity index is 872. The van der Waals surface area contributed by atoms with Crippen molar-refractivity contribution >= 4 is 10.0 Å². The molecular formula is C17H22N4O3S. The van der Waals surface area contributed by atoms with Gasteiger partial charge in [-0.25, -0.2) is 13.1 Å². The van der Waals surface area contributed by atoms with Crippen LogP contribution >= 0.6 is 0 Å². The van der Waals surface area contributed by atoms with Crippen LogP contribution in [0.25, 0.3) is 0 Å². The van der Waals surface area contributed by atoms with Gasteiger partial charge in [0.15, 0.2) is 0 Å². The van der Waals surface area contributed by atoms with E-state index in [0.29, 0.717) is 23.9 Å². The molecule has 1 aliphatic carbocycles. The number of nitrogens with zero attached hydrogens (tertiary/aromatic N) is 2. The highest BCUT2D eigenvalue weighted by Gasteiger charge is 2.35. The Kier molecular flexibility index (Phi) is 4.26. The van der Waals surface area contributed by atoms with Gasteiger partial charge in [-0.3, -0.25) is 4.68 Å². The Morgan fingerprint density at radius 3 is 3.00 bits per heavy atom. The molecule has 2 aromatic rings. The van der Waals surface area contributed by atoms with E-state index in [2.05, 4.69) is 21.2 Å². The molecular weight excluding hydrogens is 340 g/mol. The number of aromatic nitrogens is 2. The number of fused-ring (bicyclic) bond motifs is 1. The van der Waals surface area contributed by atoms with E-state index in [0.717, 1.165) is 30.8 Å². The normalized spacial score (nSPS) is 22.9. The van der Waals surface area contributed by atoms with Crippen LogP contribution in [0.15, 0.2) is 35.4 Å². The number of nitrogens with one attached hydrogen (secondary N) is 2. The monoisotopic (exact) mass is 362 g/mol. The van der Waals surface area contributed by atoms with E-state index < -0.39 is 10.0 Å². The van der Waals surface area contributed by atoms with Crippen molar-refractivity contribution in [3.8, 4) is 5.75 Å². The lowest BCUT2D eigenvalue weighted by molar-refractivity contribution is 0.324. The van der Waals surface area contributed by atoms with Gasteiger partial charge in [-0.1, -0.05) is 12.1 Å². The second kappa shape index (κ2) is 6.44. The van der Waals surface area contributed by atoms with Gasteiger partial charge in [-0.15, -0.1) is 0 Å². The van der Waals surface area contributed by atoms with Crippen LogP contribution in [0.2, 0.25) is 0 Å². The van der Waals surface area contributed by atoms with E-state index in [1.807, 2.05) is 18.2 Å². The SMILES string of the molecule is COc1cccc(C2CC(NS(=O)(=O)c3cnn4c3CNCC4)C2)c1. The van der Waals surface area contributed by atoms with Gasteiger partial charge in [0.2, 0.25) is 10.0 Å². The Morgan fingerprint density at radius 1 is 1.36 bits per heavy atom. The van der Waals surface area contributed by atoms with Crippen molar-refractivity contribution < 1.29 is 13.2 Å². The van der Waals surface area contributed by atoms with E-state index >= 15 is 0 Å². The highest BCUT2D eigenvalue weighted by Crippen LogP contribution is 2.38. The van der Waals surface area contributed by atoms with Crippen molar-refractivity contribution in [2.45, 2.75) is 42.8 Å².